The van der Waals surface area contributed by atoms with Crippen LogP contribution in [0, 0.1) is 0 Å². The molecule has 2 aromatic carbocycles. The first-order valence-electron chi connectivity index (χ1n) is 7.87. The van der Waals surface area contributed by atoms with Gasteiger partial charge in [0.2, 0.25) is 0 Å². The first kappa shape index (κ1) is 18.5. The topological polar surface area (TPSA) is 53.5 Å². The van der Waals surface area contributed by atoms with Gasteiger partial charge in [0.25, 0.3) is 0 Å². The lowest BCUT2D eigenvalue weighted by atomic mass is 10.0. The molecule has 0 aliphatic rings. The molecule has 0 bridgehead atoms. The molecule has 0 N–H and O–H groups in total. The van der Waals surface area contributed by atoms with Gasteiger partial charge >= 0.3 is 6.36 Å². The Hall–Kier alpha value is -3.29. The van der Waals surface area contributed by atoms with E-state index in [2.05, 4.69) is 14.7 Å². The Morgan fingerprint density at radius 1 is 0.926 bits per heavy atom. The molecule has 3 rings (SSSR count). The molecule has 1 heterocycles. The van der Waals surface area contributed by atoms with Crippen LogP contribution in [-0.4, -0.2) is 23.4 Å². The molecule has 0 spiro atoms. The highest BCUT2D eigenvalue weighted by Gasteiger charge is 2.31. The Morgan fingerprint density at radius 3 is 2.41 bits per heavy atom. The first-order valence-corrected chi connectivity index (χ1v) is 7.87. The minimum Gasteiger partial charge on any atom is -0.496 e. The average molecular weight is 376 g/mol. The summed E-state index contributed by atoms with van der Waals surface area (Å²) in [5.74, 6) is 1.00. The molecule has 1 aromatic heterocycles. The number of alkyl halides is 3. The zero-order chi connectivity index (χ0) is 19.3. The number of halogens is 3. The molecule has 5 nitrogen and oxygen atoms in total. The Kier molecular flexibility index (Phi) is 5.44. The molecule has 140 valence electrons. The molecule has 0 amide bonds. The van der Waals surface area contributed by atoms with Gasteiger partial charge in [0.15, 0.2) is 5.82 Å². The van der Waals surface area contributed by atoms with Crippen LogP contribution in [0.25, 0.3) is 11.1 Å². The molecule has 0 aliphatic carbocycles. The van der Waals surface area contributed by atoms with Crippen molar-refractivity contribution in [2.75, 3.05) is 7.11 Å². The van der Waals surface area contributed by atoms with E-state index in [1.807, 2.05) is 0 Å². The summed E-state index contributed by atoms with van der Waals surface area (Å²) in [6.45, 7) is 0.194. The van der Waals surface area contributed by atoms with Gasteiger partial charge in [-0.25, -0.2) is 9.97 Å². The molecule has 0 atom stereocenters. The maximum absolute atomic E-state index is 12.4. The maximum Gasteiger partial charge on any atom is 0.573 e. The van der Waals surface area contributed by atoms with E-state index in [4.69, 9.17) is 9.47 Å². The van der Waals surface area contributed by atoms with Gasteiger partial charge in [0.05, 0.1) is 7.11 Å². The summed E-state index contributed by atoms with van der Waals surface area (Å²) >= 11 is 0. The Labute approximate surface area is 153 Å². The summed E-state index contributed by atoms with van der Waals surface area (Å²) in [5, 5.41) is 0. The Morgan fingerprint density at radius 2 is 1.70 bits per heavy atom. The highest BCUT2D eigenvalue weighted by atomic mass is 19.4. The fraction of sp³-hybridized carbons (Fsp3) is 0.158. The number of hydrogen-bond donors (Lipinski definition) is 0. The third-order valence-corrected chi connectivity index (χ3v) is 3.54. The van der Waals surface area contributed by atoms with Crippen molar-refractivity contribution in [1.82, 2.24) is 9.97 Å². The third kappa shape index (κ3) is 5.10. The van der Waals surface area contributed by atoms with Crippen molar-refractivity contribution in [3.8, 4) is 28.4 Å². The summed E-state index contributed by atoms with van der Waals surface area (Å²) in [6.07, 6.45) is -1.52. The van der Waals surface area contributed by atoms with Crippen molar-refractivity contribution in [1.29, 1.82) is 0 Å². The average Bonchev–Trinajstić information content (AvgIpc) is 2.66. The highest BCUT2D eigenvalue weighted by Crippen LogP contribution is 2.36. The maximum atomic E-state index is 12.4. The molecular formula is C19H15F3N2O3. The minimum atomic E-state index is -4.76. The molecule has 0 radical (unpaired) electrons. The minimum absolute atomic E-state index is 0.194. The number of methoxy groups -OCH3 is 1. The van der Waals surface area contributed by atoms with E-state index in [1.165, 1.54) is 25.3 Å². The van der Waals surface area contributed by atoms with Crippen LogP contribution in [0.1, 0.15) is 5.82 Å². The third-order valence-electron chi connectivity index (χ3n) is 3.54. The predicted molar refractivity (Wildman–Crippen MR) is 91.5 cm³/mol. The van der Waals surface area contributed by atoms with Crippen LogP contribution in [0.15, 0.2) is 60.9 Å². The van der Waals surface area contributed by atoms with E-state index in [1.54, 1.807) is 42.7 Å². The van der Waals surface area contributed by atoms with E-state index in [0.717, 1.165) is 5.56 Å². The van der Waals surface area contributed by atoms with Gasteiger partial charge in [-0.2, -0.15) is 0 Å². The van der Waals surface area contributed by atoms with Crippen molar-refractivity contribution in [2.45, 2.75) is 13.0 Å². The lowest BCUT2D eigenvalue weighted by molar-refractivity contribution is -0.274. The van der Waals surface area contributed by atoms with Crippen LogP contribution < -0.4 is 14.2 Å². The molecule has 3 aromatic rings. The van der Waals surface area contributed by atoms with Gasteiger partial charge in [-0.15, -0.1) is 13.2 Å². The lowest BCUT2D eigenvalue weighted by Gasteiger charge is -2.14. The second-order valence-electron chi connectivity index (χ2n) is 5.39. The zero-order valence-corrected chi connectivity index (χ0v) is 14.2. The lowest BCUT2D eigenvalue weighted by Crippen LogP contribution is -2.17. The van der Waals surface area contributed by atoms with Crippen LogP contribution in [-0.2, 0) is 6.61 Å². The summed E-state index contributed by atoms with van der Waals surface area (Å²) in [7, 11) is 1.38. The summed E-state index contributed by atoms with van der Waals surface area (Å²) < 4.78 is 52.0. The van der Waals surface area contributed by atoms with Gasteiger partial charge in [-0.1, -0.05) is 12.1 Å². The predicted octanol–water partition coefficient (Wildman–Crippen LogP) is 4.63. The summed E-state index contributed by atoms with van der Waals surface area (Å²) in [6, 6.07) is 12.7. The standard InChI is InChI=1S/C19H15F3N2O3/c1-25-17-11-15(27-19(20,21)22)6-7-16(17)13-4-2-5-14(10-13)26-12-18-23-8-3-9-24-18/h2-11H,12H2,1H3. The molecule has 0 fully saturated rings. The normalized spacial score (nSPS) is 11.1. The number of benzene rings is 2. The van der Waals surface area contributed by atoms with Crippen molar-refractivity contribution < 1.29 is 27.4 Å². The van der Waals surface area contributed by atoms with Gasteiger partial charge in [-0.3, -0.25) is 0 Å². The van der Waals surface area contributed by atoms with Crippen LogP contribution in [0.4, 0.5) is 13.2 Å². The molecule has 0 saturated heterocycles. The molecular weight excluding hydrogens is 361 g/mol. The summed E-state index contributed by atoms with van der Waals surface area (Å²) in [5.41, 5.74) is 1.32. The number of ether oxygens (including phenoxy) is 3. The summed E-state index contributed by atoms with van der Waals surface area (Å²) in [4.78, 5) is 8.16. The van der Waals surface area contributed by atoms with Crippen molar-refractivity contribution in [3.63, 3.8) is 0 Å². The van der Waals surface area contributed by atoms with E-state index in [0.29, 0.717) is 17.1 Å². The second-order valence-corrected chi connectivity index (χ2v) is 5.39. The van der Waals surface area contributed by atoms with Crippen molar-refractivity contribution >= 4 is 0 Å². The first-order chi connectivity index (χ1) is 12.9. The van der Waals surface area contributed by atoms with E-state index < -0.39 is 6.36 Å². The van der Waals surface area contributed by atoms with E-state index >= 15 is 0 Å². The van der Waals surface area contributed by atoms with Gasteiger partial charge in [-0.05, 0) is 35.9 Å². The second kappa shape index (κ2) is 7.94. The quantitative estimate of drug-likeness (QED) is 0.628. The number of nitrogens with zero attached hydrogens (tertiary/aromatic N) is 2. The number of aromatic nitrogens is 2. The number of rotatable bonds is 6. The highest BCUT2D eigenvalue weighted by molar-refractivity contribution is 5.72. The van der Waals surface area contributed by atoms with Gasteiger partial charge < -0.3 is 14.2 Å². The molecule has 0 aliphatic heterocycles. The number of hydrogen-bond acceptors (Lipinski definition) is 5. The largest absolute Gasteiger partial charge is 0.573 e. The molecule has 0 saturated carbocycles. The smallest absolute Gasteiger partial charge is 0.496 e. The SMILES string of the molecule is COc1cc(OC(F)(F)F)ccc1-c1cccc(OCc2ncccn2)c1. The molecule has 27 heavy (non-hydrogen) atoms. The van der Waals surface area contributed by atoms with Crippen LogP contribution in [0.3, 0.4) is 0 Å². The van der Waals surface area contributed by atoms with Crippen LogP contribution >= 0.6 is 0 Å². The zero-order valence-electron chi connectivity index (χ0n) is 14.2. The van der Waals surface area contributed by atoms with Crippen LogP contribution in [0.5, 0.6) is 17.2 Å². The molecule has 0 unspecified atom stereocenters. The van der Waals surface area contributed by atoms with Gasteiger partial charge in [0, 0.05) is 24.0 Å². The van der Waals surface area contributed by atoms with E-state index in [9.17, 15) is 13.2 Å². The fourth-order valence-electron chi connectivity index (χ4n) is 2.41. The van der Waals surface area contributed by atoms with E-state index in [-0.39, 0.29) is 18.1 Å². The van der Waals surface area contributed by atoms with Crippen molar-refractivity contribution in [3.05, 3.63) is 66.7 Å². The monoisotopic (exact) mass is 376 g/mol. The van der Waals surface area contributed by atoms with Gasteiger partial charge in [0.1, 0.15) is 23.9 Å². The Balaban J connectivity index is 1.81. The fourth-order valence-corrected chi connectivity index (χ4v) is 2.41. The van der Waals surface area contributed by atoms with Crippen molar-refractivity contribution in [2.24, 2.45) is 0 Å². The Bertz CT molecular complexity index is 902. The molecule has 8 heteroatoms. The van der Waals surface area contributed by atoms with Crippen LogP contribution in [0.2, 0.25) is 0 Å².